The van der Waals surface area contributed by atoms with Crippen LogP contribution in [0.4, 0.5) is 9.18 Å². The maximum atomic E-state index is 13.4. The molecule has 1 saturated heterocycles. The molecule has 0 radical (unpaired) electrons. The highest BCUT2D eigenvalue weighted by atomic mass is 19.1. The van der Waals surface area contributed by atoms with Crippen LogP contribution < -0.4 is 15.4 Å². The lowest BCUT2D eigenvalue weighted by atomic mass is 10.00. The molecule has 0 saturated carbocycles. The van der Waals surface area contributed by atoms with E-state index in [1.54, 1.807) is 30.5 Å². The van der Waals surface area contributed by atoms with Gasteiger partial charge in [0, 0.05) is 22.5 Å². The van der Waals surface area contributed by atoms with Gasteiger partial charge in [0.05, 0.1) is 13.7 Å². The number of aromatic hydroxyl groups is 1. The van der Waals surface area contributed by atoms with Crippen LogP contribution in [0.2, 0.25) is 0 Å². The zero-order chi connectivity index (χ0) is 20.6. The second-order valence-corrected chi connectivity index (χ2v) is 6.61. The van der Waals surface area contributed by atoms with Gasteiger partial charge in [-0.3, -0.25) is 10.1 Å². The molecule has 1 atom stereocenters. The van der Waals surface area contributed by atoms with E-state index >= 15 is 0 Å². The topological polar surface area (TPSA) is 92.6 Å². The average Bonchev–Trinajstić information content (AvgIpc) is 3.15. The largest absolute Gasteiger partial charge is 0.497 e. The number of hydrogen-bond acceptors (Lipinski definition) is 4. The molecule has 1 aliphatic rings. The monoisotopic (exact) mass is 393 g/mol. The van der Waals surface area contributed by atoms with Crippen molar-refractivity contribution in [1.29, 1.82) is 0 Å². The number of carbonyl (C=O) groups is 2. The number of hydrogen-bond donors (Lipinski definition) is 3. The van der Waals surface area contributed by atoms with Gasteiger partial charge in [-0.2, -0.15) is 0 Å². The van der Waals surface area contributed by atoms with Crippen molar-refractivity contribution in [1.82, 2.24) is 15.2 Å². The minimum atomic E-state index is -1.62. The van der Waals surface area contributed by atoms with Crippen LogP contribution in [0.25, 0.3) is 10.8 Å². The molecule has 3 aromatic rings. The molecule has 0 spiro atoms. The molecule has 3 amide bonds. The van der Waals surface area contributed by atoms with E-state index in [4.69, 9.17) is 4.74 Å². The first kappa shape index (κ1) is 18.4. The summed E-state index contributed by atoms with van der Waals surface area (Å²) in [7, 11) is 1.52. The highest BCUT2D eigenvalue weighted by molar-refractivity contribution is 6.09. The molecule has 1 fully saturated rings. The summed E-state index contributed by atoms with van der Waals surface area (Å²) < 4.78 is 20.0. The molecule has 2 heterocycles. The van der Waals surface area contributed by atoms with Crippen molar-refractivity contribution in [3.05, 3.63) is 60.0 Å². The van der Waals surface area contributed by atoms with E-state index in [0.29, 0.717) is 16.7 Å². The summed E-state index contributed by atoms with van der Waals surface area (Å²) in [5.74, 6) is 4.83. The first-order chi connectivity index (χ1) is 13.9. The van der Waals surface area contributed by atoms with Gasteiger partial charge in [-0.25, -0.2) is 9.18 Å². The standard InChI is InChI=1S/C21H16FN3O4/c1-29-16-6-5-14-11-25(18(26)17(14)10-16)12-21(19(27)23-20(28)24-21)8-7-13-3-2-4-15(22)9-13/h2-6,9-11,26H,12H2,1H3,(H2,23,24,27,28)/t21-/m1/s1. The van der Waals surface area contributed by atoms with Crippen LogP contribution in [0.3, 0.4) is 0 Å². The lowest BCUT2D eigenvalue weighted by molar-refractivity contribution is -0.122. The number of nitrogens with one attached hydrogen (secondary N) is 2. The highest BCUT2D eigenvalue weighted by Crippen LogP contribution is 2.31. The Morgan fingerprint density at radius 3 is 2.76 bits per heavy atom. The van der Waals surface area contributed by atoms with Gasteiger partial charge in [-0.15, -0.1) is 0 Å². The lowest BCUT2D eigenvalue weighted by Gasteiger charge is -2.20. The molecule has 29 heavy (non-hydrogen) atoms. The van der Waals surface area contributed by atoms with Crippen LogP contribution in [0.5, 0.6) is 11.6 Å². The predicted molar refractivity (Wildman–Crippen MR) is 103 cm³/mol. The third-order valence-electron chi connectivity index (χ3n) is 4.66. The van der Waals surface area contributed by atoms with Gasteiger partial charge in [0.15, 0.2) is 5.88 Å². The number of ether oxygens (including phenoxy) is 1. The number of rotatable bonds is 3. The summed E-state index contributed by atoms with van der Waals surface area (Å²) in [5.41, 5.74) is -1.27. The van der Waals surface area contributed by atoms with E-state index in [-0.39, 0.29) is 12.4 Å². The van der Waals surface area contributed by atoms with Gasteiger partial charge in [-0.1, -0.05) is 17.9 Å². The van der Waals surface area contributed by atoms with Gasteiger partial charge in [0.25, 0.3) is 5.91 Å². The number of fused-ring (bicyclic) bond motifs is 1. The minimum absolute atomic E-state index is 0.0974. The molecular formula is C21H16FN3O4. The van der Waals surface area contributed by atoms with Crippen LogP contribution in [0.1, 0.15) is 5.56 Å². The van der Waals surface area contributed by atoms with Crippen molar-refractivity contribution in [3.8, 4) is 23.5 Å². The molecule has 0 unspecified atom stereocenters. The summed E-state index contributed by atoms with van der Waals surface area (Å²) in [6.45, 7) is -0.143. The number of amides is 3. The molecule has 1 aliphatic heterocycles. The second-order valence-electron chi connectivity index (χ2n) is 6.61. The van der Waals surface area contributed by atoms with E-state index in [1.165, 1.54) is 29.9 Å². The maximum Gasteiger partial charge on any atom is 0.323 e. The number of aromatic nitrogens is 1. The van der Waals surface area contributed by atoms with Crippen molar-refractivity contribution in [2.75, 3.05) is 7.11 Å². The SMILES string of the molecule is COc1ccc2cn(C[C@@]3(C#Cc4cccc(F)c4)NC(=O)NC3=O)c(O)c2c1. The van der Waals surface area contributed by atoms with Crippen molar-refractivity contribution in [3.63, 3.8) is 0 Å². The Balaban J connectivity index is 1.76. The Morgan fingerprint density at radius 2 is 2.07 bits per heavy atom. The van der Waals surface area contributed by atoms with Crippen LogP contribution in [-0.4, -0.2) is 34.3 Å². The first-order valence-electron chi connectivity index (χ1n) is 8.68. The van der Waals surface area contributed by atoms with E-state index in [0.717, 1.165) is 5.39 Å². The number of nitrogens with zero attached hydrogens (tertiary/aromatic N) is 1. The van der Waals surface area contributed by atoms with E-state index in [2.05, 4.69) is 22.5 Å². The van der Waals surface area contributed by atoms with Gasteiger partial charge in [0.1, 0.15) is 11.6 Å². The van der Waals surface area contributed by atoms with Crippen LogP contribution in [-0.2, 0) is 11.3 Å². The Morgan fingerprint density at radius 1 is 1.24 bits per heavy atom. The van der Waals surface area contributed by atoms with Crippen molar-refractivity contribution in [2.45, 2.75) is 12.1 Å². The molecular weight excluding hydrogens is 377 g/mol. The van der Waals surface area contributed by atoms with Gasteiger partial charge in [0.2, 0.25) is 5.54 Å². The summed E-state index contributed by atoms with van der Waals surface area (Å²) in [5, 5.41) is 16.6. The van der Waals surface area contributed by atoms with Gasteiger partial charge in [-0.05, 0) is 36.4 Å². The van der Waals surface area contributed by atoms with E-state index in [9.17, 15) is 19.1 Å². The summed E-state index contributed by atoms with van der Waals surface area (Å²) in [6, 6.07) is 10.1. The number of methoxy groups -OCH3 is 1. The minimum Gasteiger partial charge on any atom is -0.497 e. The maximum absolute atomic E-state index is 13.4. The molecule has 0 bridgehead atoms. The third kappa shape index (κ3) is 3.34. The zero-order valence-electron chi connectivity index (χ0n) is 15.3. The molecule has 4 rings (SSSR count). The number of urea groups is 1. The molecule has 0 aliphatic carbocycles. The Bertz CT molecular complexity index is 1210. The van der Waals surface area contributed by atoms with Crippen molar-refractivity contribution in [2.24, 2.45) is 0 Å². The molecule has 3 N–H and O–H groups in total. The third-order valence-corrected chi connectivity index (χ3v) is 4.66. The Labute approximate surface area is 165 Å². The van der Waals surface area contributed by atoms with Gasteiger partial charge < -0.3 is 19.7 Å². The van der Waals surface area contributed by atoms with E-state index in [1.807, 2.05) is 0 Å². The fourth-order valence-electron chi connectivity index (χ4n) is 3.20. The fourth-order valence-corrected chi connectivity index (χ4v) is 3.20. The Hall–Kier alpha value is -3.99. The van der Waals surface area contributed by atoms with E-state index < -0.39 is 23.3 Å². The zero-order valence-corrected chi connectivity index (χ0v) is 15.3. The molecule has 8 heteroatoms. The van der Waals surface area contributed by atoms with Crippen molar-refractivity contribution < 1.29 is 23.8 Å². The fraction of sp³-hybridized carbons (Fsp3) is 0.143. The predicted octanol–water partition coefficient (Wildman–Crippen LogP) is 2.12. The second kappa shape index (κ2) is 6.87. The van der Waals surface area contributed by atoms with Crippen LogP contribution in [0, 0.1) is 17.7 Å². The average molecular weight is 393 g/mol. The number of benzene rings is 2. The lowest BCUT2D eigenvalue weighted by Crippen LogP contribution is -2.49. The number of halogens is 1. The summed E-state index contributed by atoms with van der Waals surface area (Å²) in [6.07, 6.45) is 1.65. The molecule has 2 aromatic carbocycles. The van der Waals surface area contributed by atoms with Gasteiger partial charge >= 0.3 is 6.03 Å². The van der Waals surface area contributed by atoms with Crippen LogP contribution >= 0.6 is 0 Å². The summed E-state index contributed by atoms with van der Waals surface area (Å²) >= 11 is 0. The molecule has 7 nitrogen and oxygen atoms in total. The van der Waals surface area contributed by atoms with Crippen LogP contribution in [0.15, 0.2) is 48.7 Å². The first-order valence-corrected chi connectivity index (χ1v) is 8.68. The van der Waals surface area contributed by atoms with Crippen molar-refractivity contribution >= 4 is 22.7 Å². The normalized spacial score (nSPS) is 18.1. The molecule has 146 valence electrons. The quantitative estimate of drug-likeness (QED) is 0.470. The smallest absolute Gasteiger partial charge is 0.323 e. The Kier molecular flexibility index (Phi) is 4.35. The highest BCUT2D eigenvalue weighted by Gasteiger charge is 2.46. The number of imide groups is 1. The molecule has 1 aromatic heterocycles. The number of carbonyl (C=O) groups excluding carboxylic acids is 2. The summed E-state index contributed by atoms with van der Waals surface area (Å²) in [4.78, 5) is 24.3.